The first-order valence-electron chi connectivity index (χ1n) is 7.59. The van der Waals surface area contributed by atoms with Gasteiger partial charge in [-0.15, -0.1) is 6.42 Å². The van der Waals surface area contributed by atoms with Crippen molar-refractivity contribution in [1.29, 1.82) is 0 Å². The first-order valence-corrected chi connectivity index (χ1v) is 7.59. The number of nitrogens with one attached hydrogen (secondary N) is 1. The Bertz CT molecular complexity index is 844. The highest BCUT2D eigenvalue weighted by atomic mass is 16.1. The van der Waals surface area contributed by atoms with Gasteiger partial charge in [0.1, 0.15) is 0 Å². The molecule has 1 aromatic carbocycles. The molecule has 0 bridgehead atoms. The number of benzene rings is 1. The summed E-state index contributed by atoms with van der Waals surface area (Å²) in [5, 5.41) is 0. The van der Waals surface area contributed by atoms with Gasteiger partial charge in [0, 0.05) is 36.8 Å². The van der Waals surface area contributed by atoms with Crippen molar-refractivity contribution in [2.45, 2.75) is 39.9 Å². The highest BCUT2D eigenvalue weighted by molar-refractivity contribution is 5.82. The molecule has 2 heterocycles. The smallest absolute Gasteiger partial charge is 0.306 e. The van der Waals surface area contributed by atoms with E-state index in [-0.39, 0.29) is 11.7 Å². The minimum Gasteiger partial charge on any atom is -0.306 e. The van der Waals surface area contributed by atoms with Crippen LogP contribution in [0.15, 0.2) is 28.6 Å². The van der Waals surface area contributed by atoms with E-state index < -0.39 is 0 Å². The molecular formula is C18H21N3O. The summed E-state index contributed by atoms with van der Waals surface area (Å²) in [6.07, 6.45) is 7.89. The second-order valence-electron chi connectivity index (χ2n) is 6.23. The number of allylic oxidation sites excluding steroid dienone is 1. The van der Waals surface area contributed by atoms with Gasteiger partial charge in [-0.2, -0.15) is 0 Å². The van der Waals surface area contributed by atoms with Gasteiger partial charge in [0.15, 0.2) is 0 Å². The van der Waals surface area contributed by atoms with Crippen LogP contribution in [0.25, 0.3) is 11.0 Å². The van der Waals surface area contributed by atoms with Gasteiger partial charge >= 0.3 is 5.69 Å². The minimum absolute atomic E-state index is 0.0543. The number of H-pyrrole nitrogens is 1. The molecule has 1 aromatic heterocycles. The van der Waals surface area contributed by atoms with Crippen LogP contribution >= 0.6 is 0 Å². The zero-order chi connectivity index (χ0) is 15.9. The largest absolute Gasteiger partial charge is 0.326 e. The van der Waals surface area contributed by atoms with Crippen molar-refractivity contribution in [1.82, 2.24) is 14.5 Å². The Morgan fingerprint density at radius 1 is 1.50 bits per heavy atom. The fraction of sp³-hybridized carbons (Fsp3) is 0.389. The molecule has 3 rings (SSSR count). The van der Waals surface area contributed by atoms with Gasteiger partial charge in [-0.1, -0.05) is 17.6 Å². The van der Waals surface area contributed by atoms with E-state index >= 15 is 0 Å². The highest BCUT2D eigenvalue weighted by Gasteiger charge is 2.24. The van der Waals surface area contributed by atoms with Gasteiger partial charge in [-0.25, -0.2) is 4.79 Å². The lowest BCUT2D eigenvalue weighted by molar-refractivity contribution is 0.209. The van der Waals surface area contributed by atoms with E-state index in [1.54, 1.807) is 0 Å². The van der Waals surface area contributed by atoms with Crippen molar-refractivity contribution in [3.63, 3.8) is 0 Å². The zero-order valence-corrected chi connectivity index (χ0v) is 13.3. The molecule has 1 aliphatic heterocycles. The third-order valence-corrected chi connectivity index (χ3v) is 4.36. The van der Waals surface area contributed by atoms with Gasteiger partial charge in [-0.3, -0.25) is 9.47 Å². The standard InChI is InChI=1S/C18H21N3O/c1-5-14-6-7-16-17-15(14)11-20(9-8-12(2)3)13(4)10-21(17)18(22)19-16/h1,6-8,13H,9-11H2,2-4H3,(H,19,22). The van der Waals surface area contributed by atoms with E-state index in [0.717, 1.165) is 35.2 Å². The molecular weight excluding hydrogens is 274 g/mol. The molecule has 0 radical (unpaired) electrons. The van der Waals surface area contributed by atoms with Crippen molar-refractivity contribution >= 4 is 11.0 Å². The highest BCUT2D eigenvalue weighted by Crippen LogP contribution is 2.26. The normalized spacial score (nSPS) is 18.0. The Morgan fingerprint density at radius 3 is 2.95 bits per heavy atom. The topological polar surface area (TPSA) is 41.0 Å². The van der Waals surface area contributed by atoms with Crippen molar-refractivity contribution in [2.75, 3.05) is 6.54 Å². The first-order chi connectivity index (χ1) is 10.5. The lowest BCUT2D eigenvalue weighted by Gasteiger charge is -2.26. The third-order valence-electron chi connectivity index (χ3n) is 4.36. The summed E-state index contributed by atoms with van der Waals surface area (Å²) in [4.78, 5) is 17.6. The van der Waals surface area contributed by atoms with E-state index in [9.17, 15) is 4.79 Å². The van der Waals surface area contributed by atoms with E-state index in [2.05, 4.69) is 42.7 Å². The zero-order valence-electron chi connectivity index (χ0n) is 13.3. The van der Waals surface area contributed by atoms with E-state index in [4.69, 9.17) is 6.42 Å². The Hall–Kier alpha value is -2.25. The third kappa shape index (κ3) is 2.38. The molecule has 2 aromatic rings. The first kappa shape index (κ1) is 14.7. The van der Waals surface area contributed by atoms with E-state index in [1.165, 1.54) is 5.57 Å². The summed E-state index contributed by atoms with van der Waals surface area (Å²) < 4.78 is 1.83. The summed E-state index contributed by atoms with van der Waals surface area (Å²) in [6.45, 7) is 8.67. The Kier molecular flexibility index (Phi) is 3.67. The number of nitrogens with zero attached hydrogens (tertiary/aromatic N) is 2. The molecule has 0 fully saturated rings. The van der Waals surface area contributed by atoms with Crippen molar-refractivity contribution in [3.8, 4) is 12.3 Å². The maximum absolute atomic E-state index is 12.3. The summed E-state index contributed by atoms with van der Waals surface area (Å²) in [5.74, 6) is 2.77. The number of hydrogen-bond donors (Lipinski definition) is 1. The predicted molar refractivity (Wildman–Crippen MR) is 89.8 cm³/mol. The van der Waals surface area contributed by atoms with Gasteiger partial charge in [-0.05, 0) is 32.9 Å². The van der Waals surface area contributed by atoms with Crippen LogP contribution in [0.2, 0.25) is 0 Å². The van der Waals surface area contributed by atoms with Crippen LogP contribution in [0.4, 0.5) is 0 Å². The second-order valence-corrected chi connectivity index (χ2v) is 6.23. The SMILES string of the molecule is C#Cc1ccc2[nH]c(=O)n3c2c1CN(CC=C(C)C)C(C)C3. The minimum atomic E-state index is -0.0543. The van der Waals surface area contributed by atoms with E-state index in [0.29, 0.717) is 6.54 Å². The Labute approximate surface area is 130 Å². The molecule has 1 unspecified atom stereocenters. The van der Waals surface area contributed by atoms with Crippen LogP contribution in [0.1, 0.15) is 31.9 Å². The molecule has 1 atom stereocenters. The number of aromatic nitrogens is 2. The average molecular weight is 295 g/mol. The molecule has 4 heteroatoms. The molecule has 1 N–H and O–H groups in total. The van der Waals surface area contributed by atoms with Crippen LogP contribution < -0.4 is 5.69 Å². The van der Waals surface area contributed by atoms with Crippen molar-refractivity contribution < 1.29 is 0 Å². The van der Waals surface area contributed by atoms with E-state index in [1.807, 2.05) is 16.7 Å². The molecule has 0 amide bonds. The number of rotatable bonds is 2. The number of aromatic amines is 1. The Balaban J connectivity index is 2.16. The van der Waals surface area contributed by atoms with Crippen LogP contribution in [0, 0.1) is 12.3 Å². The molecule has 4 nitrogen and oxygen atoms in total. The molecule has 0 saturated heterocycles. The lowest BCUT2D eigenvalue weighted by atomic mass is 10.1. The van der Waals surface area contributed by atoms with Gasteiger partial charge in [0.05, 0.1) is 11.0 Å². The summed E-state index contributed by atoms with van der Waals surface area (Å²) in [7, 11) is 0. The van der Waals surface area contributed by atoms with Gasteiger partial charge < -0.3 is 4.98 Å². The fourth-order valence-electron chi connectivity index (χ4n) is 3.08. The molecule has 1 aliphatic rings. The molecule has 22 heavy (non-hydrogen) atoms. The van der Waals surface area contributed by atoms with Crippen molar-refractivity contribution in [2.24, 2.45) is 0 Å². The van der Waals surface area contributed by atoms with Crippen LogP contribution in [-0.4, -0.2) is 27.0 Å². The average Bonchev–Trinajstić information content (AvgIpc) is 2.70. The monoisotopic (exact) mass is 295 g/mol. The van der Waals surface area contributed by atoms with Crippen molar-refractivity contribution in [3.05, 3.63) is 45.4 Å². The summed E-state index contributed by atoms with van der Waals surface area (Å²) in [5.41, 5.74) is 5.02. The van der Waals surface area contributed by atoms with Crippen LogP contribution in [-0.2, 0) is 13.1 Å². The summed E-state index contributed by atoms with van der Waals surface area (Å²) in [6, 6.07) is 4.10. The lowest BCUT2D eigenvalue weighted by Crippen LogP contribution is -2.36. The number of terminal acetylenes is 1. The molecule has 0 saturated carbocycles. The predicted octanol–water partition coefficient (Wildman–Crippen LogP) is 2.48. The van der Waals surface area contributed by atoms with Crippen LogP contribution in [0.5, 0.6) is 0 Å². The molecule has 0 aliphatic carbocycles. The Morgan fingerprint density at radius 2 is 2.27 bits per heavy atom. The summed E-state index contributed by atoms with van der Waals surface area (Å²) >= 11 is 0. The number of hydrogen-bond acceptors (Lipinski definition) is 2. The van der Waals surface area contributed by atoms with Gasteiger partial charge in [0.25, 0.3) is 0 Å². The number of imidazole rings is 1. The molecule has 0 spiro atoms. The van der Waals surface area contributed by atoms with Gasteiger partial charge in [0.2, 0.25) is 0 Å². The van der Waals surface area contributed by atoms with Crippen LogP contribution in [0.3, 0.4) is 0 Å². The maximum atomic E-state index is 12.3. The molecule has 114 valence electrons. The maximum Gasteiger partial charge on any atom is 0.326 e. The quantitative estimate of drug-likeness (QED) is 0.683. The second kappa shape index (κ2) is 5.51. The fourth-order valence-corrected chi connectivity index (χ4v) is 3.08.